The van der Waals surface area contributed by atoms with Crippen molar-refractivity contribution in [2.75, 3.05) is 62.2 Å². The summed E-state index contributed by atoms with van der Waals surface area (Å²) in [6, 6.07) is 5.74. The van der Waals surface area contributed by atoms with E-state index in [0.717, 1.165) is 62.2 Å². The maximum Gasteiger partial charge on any atom is 0.407 e. The Balaban J connectivity index is 1.07. The Morgan fingerprint density at radius 2 is 1.76 bits per heavy atom. The molecule has 13 nitrogen and oxygen atoms in total. The van der Waals surface area contributed by atoms with Crippen LogP contribution >= 0.6 is 0 Å². The van der Waals surface area contributed by atoms with Gasteiger partial charge in [-0.15, -0.1) is 0 Å². The number of piperidine rings is 1. The van der Waals surface area contributed by atoms with Gasteiger partial charge in [-0.3, -0.25) is 29.4 Å². The highest BCUT2D eigenvalue weighted by Crippen LogP contribution is 2.30. The average molecular weight is 583 g/mol. The molecule has 0 radical (unpaired) electrons. The van der Waals surface area contributed by atoms with Gasteiger partial charge in [0.2, 0.25) is 11.8 Å². The molecule has 42 heavy (non-hydrogen) atoms. The van der Waals surface area contributed by atoms with Crippen molar-refractivity contribution in [3.8, 4) is 0 Å². The molecule has 228 valence electrons. The predicted octanol–water partition coefficient (Wildman–Crippen LogP) is 2.05. The lowest BCUT2D eigenvalue weighted by molar-refractivity contribution is -0.132. The van der Waals surface area contributed by atoms with Gasteiger partial charge in [0.1, 0.15) is 5.60 Å². The number of anilines is 2. The first-order chi connectivity index (χ1) is 20.0. The maximum absolute atomic E-state index is 12.9. The first-order valence-electron chi connectivity index (χ1n) is 14.8. The molecule has 1 aromatic heterocycles. The molecule has 5 rings (SSSR count). The fourth-order valence-corrected chi connectivity index (χ4v) is 5.78. The number of likely N-dealkylation sites (tertiary alicyclic amines) is 1. The number of carbonyl (C=O) groups excluding carboxylic acids is 4. The van der Waals surface area contributed by atoms with Crippen LogP contribution in [0.3, 0.4) is 0 Å². The highest BCUT2D eigenvalue weighted by Gasteiger charge is 2.29. The summed E-state index contributed by atoms with van der Waals surface area (Å²) >= 11 is 0. The second-order valence-electron chi connectivity index (χ2n) is 12.3. The van der Waals surface area contributed by atoms with Gasteiger partial charge >= 0.3 is 12.1 Å². The van der Waals surface area contributed by atoms with Crippen molar-refractivity contribution in [3.63, 3.8) is 0 Å². The number of imide groups is 1. The van der Waals surface area contributed by atoms with Crippen molar-refractivity contribution in [1.29, 1.82) is 0 Å². The van der Waals surface area contributed by atoms with Gasteiger partial charge < -0.3 is 19.9 Å². The molecule has 0 saturated carbocycles. The lowest BCUT2D eigenvalue weighted by atomic mass is 10.0. The summed E-state index contributed by atoms with van der Waals surface area (Å²) in [4.78, 5) is 56.9. The van der Waals surface area contributed by atoms with Crippen LogP contribution in [-0.2, 0) is 21.4 Å². The molecule has 0 aliphatic carbocycles. The van der Waals surface area contributed by atoms with Gasteiger partial charge in [-0.25, -0.2) is 9.59 Å². The van der Waals surface area contributed by atoms with Gasteiger partial charge in [-0.2, -0.15) is 5.10 Å². The minimum atomic E-state index is -0.527. The molecule has 4 heterocycles. The summed E-state index contributed by atoms with van der Waals surface area (Å²) in [6.07, 6.45) is 1.81. The molecule has 3 saturated heterocycles. The van der Waals surface area contributed by atoms with Crippen molar-refractivity contribution < 1.29 is 23.9 Å². The normalized spacial score (nSPS) is 19.3. The number of hydrogen-bond acceptors (Lipinski definition) is 8. The molecular formula is C29H42N8O5. The number of ether oxygens (including phenoxy) is 1. The van der Waals surface area contributed by atoms with Crippen LogP contribution in [0.2, 0.25) is 0 Å². The second kappa shape index (κ2) is 12.2. The van der Waals surface area contributed by atoms with Crippen LogP contribution in [0.25, 0.3) is 10.9 Å². The highest BCUT2D eigenvalue weighted by molar-refractivity contribution is 6.09. The zero-order valence-electron chi connectivity index (χ0n) is 25.0. The van der Waals surface area contributed by atoms with Crippen LogP contribution in [-0.4, -0.2) is 108 Å². The van der Waals surface area contributed by atoms with E-state index < -0.39 is 17.7 Å². The van der Waals surface area contributed by atoms with Crippen molar-refractivity contribution in [2.24, 2.45) is 7.05 Å². The first-order valence-corrected chi connectivity index (χ1v) is 14.8. The van der Waals surface area contributed by atoms with E-state index in [4.69, 9.17) is 4.74 Å². The molecule has 0 unspecified atom stereocenters. The minimum absolute atomic E-state index is 0.0315. The number of hydrogen-bond donors (Lipinski definition) is 2. The number of piperazine rings is 1. The molecule has 3 aliphatic rings. The number of fused-ring (bicyclic) bond motifs is 1. The molecule has 5 amide bonds. The van der Waals surface area contributed by atoms with Crippen LogP contribution in [0, 0.1) is 0 Å². The number of nitrogens with zero attached hydrogens (tertiary/aromatic N) is 6. The lowest BCUT2D eigenvalue weighted by Gasteiger charge is -2.37. The van der Waals surface area contributed by atoms with E-state index >= 15 is 0 Å². The lowest BCUT2D eigenvalue weighted by Crippen LogP contribution is -2.49. The Hall–Kier alpha value is -3.87. The Labute approximate surface area is 246 Å². The zero-order chi connectivity index (χ0) is 30.0. The number of aryl methyl sites for hydroxylation is 1. The van der Waals surface area contributed by atoms with Gasteiger partial charge in [0.05, 0.1) is 5.52 Å². The molecule has 1 aromatic carbocycles. The van der Waals surface area contributed by atoms with E-state index in [9.17, 15) is 19.2 Å². The molecule has 0 bridgehead atoms. The molecule has 2 aromatic rings. The summed E-state index contributed by atoms with van der Waals surface area (Å²) in [5, 5.41) is 10.7. The third-order valence-corrected chi connectivity index (χ3v) is 8.07. The first kappa shape index (κ1) is 29.6. The fourth-order valence-electron chi connectivity index (χ4n) is 5.78. The van der Waals surface area contributed by atoms with E-state index in [1.165, 1.54) is 4.90 Å². The molecule has 0 atom stereocenters. The van der Waals surface area contributed by atoms with Gasteiger partial charge in [-0.05, 0) is 51.8 Å². The molecule has 0 spiro atoms. The topological polar surface area (TPSA) is 132 Å². The predicted molar refractivity (Wildman–Crippen MR) is 158 cm³/mol. The number of aromatic nitrogens is 2. The van der Waals surface area contributed by atoms with E-state index in [1.54, 1.807) is 4.68 Å². The number of urea groups is 1. The summed E-state index contributed by atoms with van der Waals surface area (Å²) < 4.78 is 7.12. The highest BCUT2D eigenvalue weighted by atomic mass is 16.6. The van der Waals surface area contributed by atoms with Crippen molar-refractivity contribution in [2.45, 2.75) is 58.1 Å². The van der Waals surface area contributed by atoms with Crippen LogP contribution in [0.1, 0.15) is 46.5 Å². The Kier molecular flexibility index (Phi) is 8.58. The fraction of sp³-hybridized carbons (Fsp3) is 0.621. The minimum Gasteiger partial charge on any atom is -0.444 e. The van der Waals surface area contributed by atoms with Crippen molar-refractivity contribution in [3.05, 3.63) is 18.2 Å². The van der Waals surface area contributed by atoms with Crippen molar-refractivity contribution >= 4 is 46.3 Å². The zero-order valence-corrected chi connectivity index (χ0v) is 25.0. The van der Waals surface area contributed by atoms with Crippen molar-refractivity contribution in [1.82, 2.24) is 30.2 Å². The van der Waals surface area contributed by atoms with Crippen LogP contribution in [0.15, 0.2) is 18.2 Å². The second-order valence-corrected chi connectivity index (χ2v) is 12.3. The summed E-state index contributed by atoms with van der Waals surface area (Å²) in [7, 11) is 1.86. The van der Waals surface area contributed by atoms with Crippen LogP contribution < -0.4 is 20.4 Å². The van der Waals surface area contributed by atoms with Gasteiger partial charge in [0, 0.05) is 89.4 Å². The van der Waals surface area contributed by atoms with Gasteiger partial charge in [-0.1, -0.05) is 0 Å². The molecule has 3 aliphatic heterocycles. The van der Waals surface area contributed by atoms with E-state index in [0.29, 0.717) is 31.9 Å². The summed E-state index contributed by atoms with van der Waals surface area (Å²) in [5.41, 5.74) is 1.49. The standard InChI is InChI=1S/C29H42N8O5/c1-29(2,3)42-28(41)30-20-7-12-36(13-8-20)25(39)10-11-34-15-17-35(18-16-34)21-5-6-22-23(19-21)33(4)32-26(22)37-14-9-24(38)31-27(37)40/h5-6,19-20H,7-18H2,1-4H3,(H,30,41)(H,31,38,40). The van der Waals surface area contributed by atoms with Crippen LogP contribution in [0.5, 0.6) is 0 Å². The number of rotatable bonds is 6. The summed E-state index contributed by atoms with van der Waals surface area (Å²) in [5.74, 6) is 0.455. The number of carbonyl (C=O) groups is 4. The average Bonchev–Trinajstić information content (AvgIpc) is 3.26. The maximum atomic E-state index is 12.9. The largest absolute Gasteiger partial charge is 0.444 e. The molecule has 2 N–H and O–H groups in total. The Morgan fingerprint density at radius 3 is 2.43 bits per heavy atom. The third kappa shape index (κ3) is 6.94. The van der Waals surface area contributed by atoms with Gasteiger partial charge in [0.25, 0.3) is 0 Å². The van der Waals surface area contributed by atoms with E-state index in [2.05, 4.69) is 37.7 Å². The molecular weight excluding hydrogens is 540 g/mol. The summed E-state index contributed by atoms with van der Waals surface area (Å²) in [6.45, 7) is 11.3. The van der Waals surface area contributed by atoms with E-state index in [-0.39, 0.29) is 24.3 Å². The molecule has 3 fully saturated rings. The Morgan fingerprint density at radius 1 is 1.05 bits per heavy atom. The smallest absolute Gasteiger partial charge is 0.407 e. The number of alkyl carbamates (subject to hydrolysis) is 1. The SMILES string of the molecule is Cn1nc(N2CCC(=O)NC2=O)c2ccc(N3CCN(CCC(=O)N4CCC(NC(=O)OC(C)(C)C)CC4)CC3)cc21. The van der Waals surface area contributed by atoms with Gasteiger partial charge in [0.15, 0.2) is 5.82 Å². The van der Waals surface area contributed by atoms with Crippen LogP contribution in [0.4, 0.5) is 21.1 Å². The number of nitrogens with one attached hydrogen (secondary N) is 2. The monoisotopic (exact) mass is 582 g/mol. The van der Waals surface area contributed by atoms with E-state index in [1.807, 2.05) is 38.8 Å². The quantitative estimate of drug-likeness (QED) is 0.529. The number of benzene rings is 1. The number of amides is 5. The third-order valence-electron chi connectivity index (χ3n) is 8.07. The molecule has 13 heteroatoms. The Bertz CT molecular complexity index is 1340.